The monoisotopic (exact) mass is 353 g/mol. The van der Waals surface area contributed by atoms with E-state index in [0.29, 0.717) is 6.10 Å². The molecule has 1 aromatic carbocycles. The van der Waals surface area contributed by atoms with E-state index >= 15 is 0 Å². The Labute approximate surface area is 135 Å². The zero-order valence-electron chi connectivity index (χ0n) is 12.6. The average Bonchev–Trinajstić information content (AvgIpc) is 2.87. The molecule has 1 aromatic rings. The SMILES string of the molecule is CN(CCN1CCNCC1)CC1Cc2cc(Br)ccc2O1. The number of rotatable bonds is 5. The zero-order valence-corrected chi connectivity index (χ0v) is 14.2. The summed E-state index contributed by atoms with van der Waals surface area (Å²) in [5.74, 6) is 1.05. The van der Waals surface area contributed by atoms with E-state index in [-0.39, 0.29) is 0 Å². The summed E-state index contributed by atoms with van der Waals surface area (Å²) in [5, 5.41) is 3.40. The molecule has 0 bridgehead atoms. The summed E-state index contributed by atoms with van der Waals surface area (Å²) in [6, 6.07) is 6.30. The van der Waals surface area contributed by atoms with E-state index < -0.39 is 0 Å². The standard InChI is InChI=1S/C16H24BrN3O/c1-19(8-9-20-6-4-18-5-7-20)12-15-11-13-10-14(17)2-3-16(13)21-15/h2-3,10,15,18H,4-9,11-12H2,1H3. The fourth-order valence-corrected chi connectivity index (χ4v) is 3.49. The van der Waals surface area contributed by atoms with Crippen LogP contribution in [0.15, 0.2) is 22.7 Å². The number of hydrogen-bond donors (Lipinski definition) is 1. The maximum atomic E-state index is 6.04. The number of likely N-dealkylation sites (N-methyl/N-ethyl adjacent to an activating group) is 1. The summed E-state index contributed by atoms with van der Waals surface area (Å²) < 4.78 is 7.17. The van der Waals surface area contributed by atoms with Crippen molar-refractivity contribution in [2.24, 2.45) is 0 Å². The molecule has 1 unspecified atom stereocenters. The molecule has 116 valence electrons. The van der Waals surface area contributed by atoms with E-state index in [1.165, 1.54) is 18.7 Å². The molecule has 2 aliphatic rings. The Balaban J connectivity index is 1.42. The van der Waals surface area contributed by atoms with Gasteiger partial charge in [0, 0.05) is 56.7 Å². The van der Waals surface area contributed by atoms with Gasteiger partial charge in [-0.2, -0.15) is 0 Å². The molecule has 0 aliphatic carbocycles. The van der Waals surface area contributed by atoms with Gasteiger partial charge < -0.3 is 15.0 Å². The number of ether oxygens (including phenoxy) is 1. The predicted molar refractivity (Wildman–Crippen MR) is 89.1 cm³/mol. The van der Waals surface area contributed by atoms with Gasteiger partial charge in [-0.1, -0.05) is 15.9 Å². The summed E-state index contributed by atoms with van der Waals surface area (Å²) in [4.78, 5) is 4.93. The van der Waals surface area contributed by atoms with Crippen LogP contribution in [0.4, 0.5) is 0 Å². The molecule has 5 heteroatoms. The first-order valence-electron chi connectivity index (χ1n) is 7.77. The van der Waals surface area contributed by atoms with E-state index in [1.807, 2.05) is 0 Å². The van der Waals surface area contributed by atoms with Crippen LogP contribution in [-0.2, 0) is 6.42 Å². The maximum absolute atomic E-state index is 6.04. The second kappa shape index (κ2) is 7.09. The maximum Gasteiger partial charge on any atom is 0.123 e. The van der Waals surface area contributed by atoms with Crippen LogP contribution in [0.2, 0.25) is 0 Å². The predicted octanol–water partition coefficient (Wildman–Crippen LogP) is 1.59. The molecule has 0 aromatic heterocycles. The first-order chi connectivity index (χ1) is 10.2. The number of nitrogens with one attached hydrogen (secondary N) is 1. The molecule has 2 aliphatic heterocycles. The average molecular weight is 354 g/mol. The third-order valence-corrected chi connectivity index (χ3v) is 4.78. The van der Waals surface area contributed by atoms with Crippen molar-refractivity contribution in [2.45, 2.75) is 12.5 Å². The molecule has 21 heavy (non-hydrogen) atoms. The molecule has 4 nitrogen and oxygen atoms in total. The number of fused-ring (bicyclic) bond motifs is 1. The van der Waals surface area contributed by atoms with Crippen LogP contribution in [0, 0.1) is 0 Å². The number of piperazine rings is 1. The molecule has 1 saturated heterocycles. The van der Waals surface area contributed by atoms with Crippen LogP contribution in [0.3, 0.4) is 0 Å². The Kier molecular flexibility index (Phi) is 5.16. The van der Waals surface area contributed by atoms with Crippen molar-refractivity contribution in [1.29, 1.82) is 0 Å². The van der Waals surface area contributed by atoms with Crippen LogP contribution in [-0.4, -0.2) is 68.8 Å². The second-order valence-corrected chi connectivity index (χ2v) is 6.97. The van der Waals surface area contributed by atoms with Crippen molar-refractivity contribution in [3.05, 3.63) is 28.2 Å². The summed E-state index contributed by atoms with van der Waals surface area (Å²) in [6.07, 6.45) is 1.31. The van der Waals surface area contributed by atoms with E-state index in [4.69, 9.17) is 4.74 Å². The quantitative estimate of drug-likeness (QED) is 0.869. The number of benzene rings is 1. The largest absolute Gasteiger partial charge is 0.488 e. The molecule has 1 atom stereocenters. The molecule has 0 amide bonds. The van der Waals surface area contributed by atoms with Crippen LogP contribution in [0.25, 0.3) is 0 Å². The van der Waals surface area contributed by atoms with Gasteiger partial charge in [0.15, 0.2) is 0 Å². The van der Waals surface area contributed by atoms with Crippen molar-refractivity contribution in [3.8, 4) is 5.75 Å². The minimum atomic E-state index is 0.294. The summed E-state index contributed by atoms with van der Waals surface area (Å²) in [5.41, 5.74) is 1.32. The van der Waals surface area contributed by atoms with Gasteiger partial charge in [-0.05, 0) is 30.8 Å². The molecule has 0 saturated carbocycles. The van der Waals surface area contributed by atoms with E-state index in [0.717, 1.165) is 49.4 Å². The summed E-state index contributed by atoms with van der Waals surface area (Å²) >= 11 is 3.53. The van der Waals surface area contributed by atoms with Crippen molar-refractivity contribution in [2.75, 3.05) is 52.9 Å². The first kappa shape index (κ1) is 15.3. The summed E-state index contributed by atoms with van der Waals surface area (Å²) in [6.45, 7) is 7.86. The highest BCUT2D eigenvalue weighted by Crippen LogP contribution is 2.31. The highest BCUT2D eigenvalue weighted by molar-refractivity contribution is 9.10. The van der Waals surface area contributed by atoms with E-state index in [1.54, 1.807) is 0 Å². The number of nitrogens with zero attached hydrogens (tertiary/aromatic N) is 2. The van der Waals surface area contributed by atoms with Crippen LogP contribution < -0.4 is 10.1 Å². The molecule has 1 N–H and O–H groups in total. The molecule has 0 spiro atoms. The van der Waals surface area contributed by atoms with Gasteiger partial charge in [0.1, 0.15) is 11.9 Å². The van der Waals surface area contributed by atoms with Gasteiger partial charge in [0.2, 0.25) is 0 Å². The Morgan fingerprint density at radius 2 is 2.19 bits per heavy atom. The molecule has 2 heterocycles. The van der Waals surface area contributed by atoms with Gasteiger partial charge in [-0.25, -0.2) is 0 Å². The third kappa shape index (κ3) is 4.19. The van der Waals surface area contributed by atoms with Gasteiger partial charge in [-0.15, -0.1) is 0 Å². The van der Waals surface area contributed by atoms with Crippen molar-refractivity contribution in [3.63, 3.8) is 0 Å². The van der Waals surface area contributed by atoms with Gasteiger partial charge in [-0.3, -0.25) is 4.90 Å². The Morgan fingerprint density at radius 3 is 3.00 bits per heavy atom. The lowest BCUT2D eigenvalue weighted by Gasteiger charge is -2.29. The zero-order chi connectivity index (χ0) is 14.7. The summed E-state index contributed by atoms with van der Waals surface area (Å²) in [7, 11) is 2.20. The Morgan fingerprint density at radius 1 is 1.38 bits per heavy atom. The molecule has 0 radical (unpaired) electrons. The molecular formula is C16H24BrN3O. The van der Waals surface area contributed by atoms with Gasteiger partial charge in [0.25, 0.3) is 0 Å². The van der Waals surface area contributed by atoms with Gasteiger partial charge >= 0.3 is 0 Å². The second-order valence-electron chi connectivity index (χ2n) is 6.05. The fraction of sp³-hybridized carbons (Fsp3) is 0.625. The van der Waals surface area contributed by atoms with Crippen molar-refractivity contribution in [1.82, 2.24) is 15.1 Å². The fourth-order valence-electron chi connectivity index (χ4n) is 3.08. The first-order valence-corrected chi connectivity index (χ1v) is 8.57. The van der Waals surface area contributed by atoms with Crippen LogP contribution in [0.5, 0.6) is 5.75 Å². The smallest absolute Gasteiger partial charge is 0.123 e. The Hall–Kier alpha value is -0.620. The molecular weight excluding hydrogens is 330 g/mol. The highest BCUT2D eigenvalue weighted by atomic mass is 79.9. The molecule has 1 fully saturated rings. The third-order valence-electron chi connectivity index (χ3n) is 4.29. The highest BCUT2D eigenvalue weighted by Gasteiger charge is 2.24. The van der Waals surface area contributed by atoms with Crippen molar-refractivity contribution < 1.29 is 4.74 Å². The lowest BCUT2D eigenvalue weighted by atomic mass is 10.1. The lowest BCUT2D eigenvalue weighted by molar-refractivity contribution is 0.149. The number of halogens is 1. The topological polar surface area (TPSA) is 27.7 Å². The minimum Gasteiger partial charge on any atom is -0.488 e. The van der Waals surface area contributed by atoms with Gasteiger partial charge in [0.05, 0.1) is 0 Å². The molecule has 3 rings (SSSR count). The van der Waals surface area contributed by atoms with E-state index in [2.05, 4.69) is 56.3 Å². The van der Waals surface area contributed by atoms with Crippen LogP contribution in [0.1, 0.15) is 5.56 Å². The minimum absolute atomic E-state index is 0.294. The Bertz CT molecular complexity index is 477. The number of hydrogen-bond acceptors (Lipinski definition) is 4. The van der Waals surface area contributed by atoms with Crippen molar-refractivity contribution >= 4 is 15.9 Å². The van der Waals surface area contributed by atoms with Crippen LogP contribution >= 0.6 is 15.9 Å². The lowest BCUT2D eigenvalue weighted by Crippen LogP contribution is -2.46. The normalized spacial score (nSPS) is 22.3. The van der Waals surface area contributed by atoms with E-state index in [9.17, 15) is 0 Å².